The zero-order chi connectivity index (χ0) is 16.9. The van der Waals surface area contributed by atoms with Crippen LogP contribution in [0.2, 0.25) is 0 Å². The first-order valence-corrected chi connectivity index (χ1v) is 8.25. The number of aromatic nitrogens is 3. The Morgan fingerprint density at radius 3 is 2.76 bits per heavy atom. The van der Waals surface area contributed by atoms with E-state index in [0.717, 1.165) is 18.8 Å². The number of aliphatic hydroxyl groups is 1. The Morgan fingerprint density at radius 2 is 2.08 bits per heavy atom. The zero-order valence-corrected chi connectivity index (χ0v) is 14.7. The molecule has 0 spiro atoms. The Bertz CT molecular complexity index is 669. The van der Waals surface area contributed by atoms with Crippen LogP contribution >= 0.6 is 12.4 Å². The zero-order valence-electron chi connectivity index (χ0n) is 13.9. The first-order valence-electron chi connectivity index (χ1n) is 8.25. The number of halogens is 1. The van der Waals surface area contributed by atoms with E-state index in [0.29, 0.717) is 19.4 Å². The van der Waals surface area contributed by atoms with Crippen molar-refractivity contribution in [2.24, 2.45) is 11.7 Å². The van der Waals surface area contributed by atoms with Gasteiger partial charge in [-0.05, 0) is 24.8 Å². The number of amides is 1. The standard InChI is InChI=1S/C17H23N5O2.ClH/c18-14-8-13(9-15(14)23)17(24)19-10-16-21-20-11-22(16)7-6-12-4-2-1-3-5-12;/h1-5,11,13-15,23H,6-10,18H2,(H,19,24);1H/t13-,14+,15+;/m0./s1. The molecule has 25 heavy (non-hydrogen) atoms. The van der Waals surface area contributed by atoms with Crippen molar-refractivity contribution in [3.8, 4) is 0 Å². The Kier molecular flexibility index (Phi) is 6.92. The number of nitrogens with zero attached hydrogens (tertiary/aromatic N) is 3. The number of carbonyl (C=O) groups is 1. The number of aliphatic hydroxyl groups excluding tert-OH is 1. The maximum Gasteiger partial charge on any atom is 0.223 e. The molecule has 1 aromatic heterocycles. The molecule has 1 fully saturated rings. The molecule has 7 nitrogen and oxygen atoms in total. The van der Waals surface area contributed by atoms with Crippen molar-refractivity contribution in [2.45, 2.75) is 44.5 Å². The van der Waals surface area contributed by atoms with Crippen LogP contribution in [-0.2, 0) is 24.3 Å². The van der Waals surface area contributed by atoms with E-state index in [9.17, 15) is 9.90 Å². The average Bonchev–Trinajstić information content (AvgIpc) is 3.18. The normalized spacial score (nSPS) is 22.4. The van der Waals surface area contributed by atoms with Gasteiger partial charge in [-0.15, -0.1) is 22.6 Å². The second-order valence-electron chi connectivity index (χ2n) is 6.29. The highest BCUT2D eigenvalue weighted by Gasteiger charge is 2.34. The molecular formula is C17H24ClN5O2. The van der Waals surface area contributed by atoms with E-state index in [4.69, 9.17) is 5.73 Å². The van der Waals surface area contributed by atoms with E-state index in [1.54, 1.807) is 6.33 Å². The van der Waals surface area contributed by atoms with E-state index in [1.807, 2.05) is 22.8 Å². The van der Waals surface area contributed by atoms with Gasteiger partial charge < -0.3 is 20.7 Å². The monoisotopic (exact) mass is 365 g/mol. The number of hydrogen-bond acceptors (Lipinski definition) is 5. The fourth-order valence-corrected chi connectivity index (χ4v) is 3.07. The Morgan fingerprint density at radius 1 is 1.32 bits per heavy atom. The molecule has 8 heteroatoms. The summed E-state index contributed by atoms with van der Waals surface area (Å²) in [6.45, 7) is 1.09. The van der Waals surface area contributed by atoms with Crippen LogP contribution in [0.15, 0.2) is 36.7 Å². The Labute approximate surface area is 153 Å². The molecule has 1 aromatic carbocycles. The first-order chi connectivity index (χ1) is 11.6. The lowest BCUT2D eigenvalue weighted by Gasteiger charge is -2.11. The van der Waals surface area contributed by atoms with Gasteiger partial charge in [0.1, 0.15) is 6.33 Å². The molecule has 1 aliphatic rings. The number of rotatable bonds is 6. The van der Waals surface area contributed by atoms with Gasteiger partial charge in [-0.2, -0.15) is 0 Å². The van der Waals surface area contributed by atoms with Gasteiger partial charge in [-0.3, -0.25) is 4.79 Å². The van der Waals surface area contributed by atoms with Crippen LogP contribution in [0, 0.1) is 5.92 Å². The van der Waals surface area contributed by atoms with Crippen molar-refractivity contribution in [1.29, 1.82) is 0 Å². The van der Waals surface area contributed by atoms with E-state index >= 15 is 0 Å². The lowest BCUT2D eigenvalue weighted by molar-refractivity contribution is -0.125. The molecule has 0 radical (unpaired) electrons. The highest BCUT2D eigenvalue weighted by molar-refractivity contribution is 5.85. The minimum Gasteiger partial charge on any atom is -0.391 e. The number of carbonyl (C=O) groups excluding carboxylic acids is 1. The molecule has 3 atom stereocenters. The van der Waals surface area contributed by atoms with E-state index in [1.165, 1.54) is 5.56 Å². The summed E-state index contributed by atoms with van der Waals surface area (Å²) in [4.78, 5) is 12.2. The average molecular weight is 366 g/mol. The van der Waals surface area contributed by atoms with Crippen molar-refractivity contribution in [2.75, 3.05) is 0 Å². The molecule has 1 saturated carbocycles. The van der Waals surface area contributed by atoms with Crippen molar-refractivity contribution in [3.05, 3.63) is 48.0 Å². The summed E-state index contributed by atoms with van der Waals surface area (Å²) < 4.78 is 1.95. The van der Waals surface area contributed by atoms with Gasteiger partial charge in [0, 0.05) is 18.5 Å². The summed E-state index contributed by atoms with van der Waals surface area (Å²) in [6, 6.07) is 9.89. The maximum atomic E-state index is 12.2. The van der Waals surface area contributed by atoms with Crippen LogP contribution in [0.4, 0.5) is 0 Å². The third-order valence-corrected chi connectivity index (χ3v) is 4.55. The summed E-state index contributed by atoms with van der Waals surface area (Å²) in [6.07, 6.45) is 2.92. The summed E-state index contributed by atoms with van der Waals surface area (Å²) in [5.41, 5.74) is 7.01. The molecule has 3 rings (SSSR count). The molecular weight excluding hydrogens is 342 g/mol. The van der Waals surface area contributed by atoms with Crippen molar-refractivity contribution in [1.82, 2.24) is 20.1 Å². The fourth-order valence-electron chi connectivity index (χ4n) is 3.07. The molecule has 0 bridgehead atoms. The topological polar surface area (TPSA) is 106 Å². The van der Waals surface area contributed by atoms with Gasteiger partial charge in [0.25, 0.3) is 0 Å². The molecule has 1 aliphatic carbocycles. The minimum absolute atomic E-state index is 0. The van der Waals surface area contributed by atoms with Gasteiger partial charge >= 0.3 is 0 Å². The largest absolute Gasteiger partial charge is 0.391 e. The predicted molar refractivity (Wildman–Crippen MR) is 96.0 cm³/mol. The summed E-state index contributed by atoms with van der Waals surface area (Å²) in [7, 11) is 0. The van der Waals surface area contributed by atoms with Crippen LogP contribution < -0.4 is 11.1 Å². The van der Waals surface area contributed by atoms with Crippen LogP contribution in [0.1, 0.15) is 24.2 Å². The fraction of sp³-hybridized carbons (Fsp3) is 0.471. The quantitative estimate of drug-likeness (QED) is 0.697. The van der Waals surface area contributed by atoms with Gasteiger partial charge in [0.05, 0.1) is 12.6 Å². The summed E-state index contributed by atoms with van der Waals surface area (Å²) >= 11 is 0. The molecule has 0 aliphatic heterocycles. The molecule has 0 saturated heterocycles. The SMILES string of the molecule is Cl.N[C@@H]1C[C@H](C(=O)NCc2nncn2CCc2ccccc2)C[C@H]1O. The smallest absolute Gasteiger partial charge is 0.223 e. The second-order valence-corrected chi connectivity index (χ2v) is 6.29. The number of nitrogens with two attached hydrogens (primary N) is 1. The predicted octanol–water partition coefficient (Wildman–Crippen LogP) is 0.657. The van der Waals surface area contributed by atoms with Crippen molar-refractivity contribution < 1.29 is 9.90 Å². The minimum atomic E-state index is -0.588. The highest BCUT2D eigenvalue weighted by Crippen LogP contribution is 2.24. The number of benzene rings is 1. The maximum absolute atomic E-state index is 12.2. The number of hydrogen-bond donors (Lipinski definition) is 3. The summed E-state index contributed by atoms with van der Waals surface area (Å²) in [5, 5.41) is 20.6. The van der Waals surface area contributed by atoms with Gasteiger partial charge in [-0.25, -0.2) is 0 Å². The van der Waals surface area contributed by atoms with E-state index in [2.05, 4.69) is 27.6 Å². The molecule has 1 heterocycles. The molecule has 4 N–H and O–H groups in total. The van der Waals surface area contributed by atoms with Crippen LogP contribution in [-0.4, -0.2) is 37.9 Å². The van der Waals surface area contributed by atoms with E-state index in [-0.39, 0.29) is 30.3 Å². The highest BCUT2D eigenvalue weighted by atomic mass is 35.5. The lowest BCUT2D eigenvalue weighted by atomic mass is 10.1. The van der Waals surface area contributed by atoms with Gasteiger partial charge in [0.2, 0.25) is 5.91 Å². The van der Waals surface area contributed by atoms with Gasteiger partial charge in [-0.1, -0.05) is 30.3 Å². The Balaban J connectivity index is 0.00000225. The second kappa shape index (κ2) is 8.94. The molecule has 0 unspecified atom stereocenters. The summed E-state index contributed by atoms with van der Waals surface area (Å²) in [5.74, 6) is 0.414. The lowest BCUT2D eigenvalue weighted by Crippen LogP contribution is -2.31. The van der Waals surface area contributed by atoms with Gasteiger partial charge in [0.15, 0.2) is 5.82 Å². The third-order valence-electron chi connectivity index (χ3n) is 4.55. The van der Waals surface area contributed by atoms with Crippen LogP contribution in [0.25, 0.3) is 0 Å². The van der Waals surface area contributed by atoms with Crippen molar-refractivity contribution in [3.63, 3.8) is 0 Å². The first kappa shape index (κ1) is 19.4. The number of aryl methyl sites for hydroxylation is 2. The molecule has 2 aromatic rings. The van der Waals surface area contributed by atoms with Crippen LogP contribution in [0.3, 0.4) is 0 Å². The number of nitrogens with one attached hydrogen (secondary N) is 1. The van der Waals surface area contributed by atoms with E-state index < -0.39 is 6.10 Å². The molecule has 1 amide bonds. The third kappa shape index (κ3) is 5.01. The Hall–Kier alpha value is -1.96. The molecule has 136 valence electrons. The van der Waals surface area contributed by atoms with Crippen LogP contribution in [0.5, 0.6) is 0 Å². The van der Waals surface area contributed by atoms with Crippen molar-refractivity contribution >= 4 is 18.3 Å².